The highest BCUT2D eigenvalue weighted by molar-refractivity contribution is 6.00. The fraction of sp³-hybridized carbons (Fsp3) is 0.500. The van der Waals surface area contributed by atoms with E-state index < -0.39 is 17.2 Å². The first-order valence-corrected chi connectivity index (χ1v) is 8.05. The molecule has 0 saturated carbocycles. The molecule has 1 aromatic rings. The predicted molar refractivity (Wildman–Crippen MR) is 93.1 cm³/mol. The molecule has 1 aromatic carbocycles. The van der Waals surface area contributed by atoms with Crippen molar-refractivity contribution in [2.75, 3.05) is 6.54 Å². The van der Waals surface area contributed by atoms with Crippen LogP contribution < -0.4 is 5.32 Å². The number of rotatable bonds is 3. The van der Waals surface area contributed by atoms with Gasteiger partial charge in [-0.3, -0.25) is 4.79 Å². The average molecular weight is 331 g/mol. The molecule has 130 valence electrons. The number of carbonyl (C=O) groups excluding carboxylic acids is 2. The summed E-state index contributed by atoms with van der Waals surface area (Å²) in [6.45, 7) is 11.6. The van der Waals surface area contributed by atoms with Gasteiger partial charge in [-0.1, -0.05) is 6.07 Å². The van der Waals surface area contributed by atoms with E-state index in [-0.39, 0.29) is 5.91 Å². The van der Waals surface area contributed by atoms with E-state index in [0.717, 1.165) is 11.1 Å². The Labute approximate surface area is 142 Å². The van der Waals surface area contributed by atoms with Crippen molar-refractivity contribution in [3.05, 3.63) is 34.9 Å². The highest BCUT2D eigenvalue weighted by Crippen LogP contribution is 2.30. The maximum atomic E-state index is 12.1. The van der Waals surface area contributed by atoms with Crippen molar-refractivity contribution < 1.29 is 14.3 Å². The maximum Gasteiger partial charge on any atom is 0.430 e. The summed E-state index contributed by atoms with van der Waals surface area (Å²) in [5.41, 5.74) is 1.45. The molecule has 1 aliphatic rings. The SMILES string of the molecule is CCN(/N=C/c1ccc2c(c1)C(C)(C)NC2=O)C(=O)OC(C)(C)C. The second kappa shape index (κ2) is 6.26. The van der Waals surface area contributed by atoms with Gasteiger partial charge in [0.1, 0.15) is 5.60 Å². The van der Waals surface area contributed by atoms with Gasteiger partial charge in [-0.15, -0.1) is 0 Å². The molecule has 0 bridgehead atoms. The van der Waals surface area contributed by atoms with Gasteiger partial charge in [-0.2, -0.15) is 10.1 Å². The largest absolute Gasteiger partial charge is 0.442 e. The first-order chi connectivity index (χ1) is 11.0. The van der Waals surface area contributed by atoms with Gasteiger partial charge in [0.2, 0.25) is 0 Å². The summed E-state index contributed by atoms with van der Waals surface area (Å²) in [6.07, 6.45) is 1.12. The van der Waals surface area contributed by atoms with Crippen LogP contribution >= 0.6 is 0 Å². The molecule has 0 aromatic heterocycles. The van der Waals surface area contributed by atoms with Crippen LogP contribution in [-0.2, 0) is 10.3 Å². The van der Waals surface area contributed by atoms with Crippen molar-refractivity contribution in [2.45, 2.75) is 52.7 Å². The minimum absolute atomic E-state index is 0.0672. The Bertz CT molecular complexity index is 687. The fourth-order valence-corrected chi connectivity index (χ4v) is 2.48. The molecule has 0 aliphatic carbocycles. The zero-order valence-electron chi connectivity index (χ0n) is 15.1. The molecule has 0 saturated heterocycles. The Hall–Kier alpha value is -2.37. The minimum Gasteiger partial charge on any atom is -0.442 e. The third-order valence-corrected chi connectivity index (χ3v) is 3.64. The number of nitrogens with one attached hydrogen (secondary N) is 1. The topological polar surface area (TPSA) is 71.0 Å². The molecular weight excluding hydrogens is 306 g/mol. The van der Waals surface area contributed by atoms with Crippen molar-refractivity contribution >= 4 is 18.2 Å². The van der Waals surface area contributed by atoms with Crippen molar-refractivity contribution in [2.24, 2.45) is 5.10 Å². The van der Waals surface area contributed by atoms with Crippen LogP contribution in [0.25, 0.3) is 0 Å². The fourth-order valence-electron chi connectivity index (χ4n) is 2.48. The molecule has 1 heterocycles. The molecule has 1 aliphatic heterocycles. The molecule has 6 nitrogen and oxygen atoms in total. The van der Waals surface area contributed by atoms with Crippen LogP contribution in [0.4, 0.5) is 4.79 Å². The second-order valence-corrected chi connectivity index (χ2v) is 7.32. The number of nitrogens with zero attached hydrogens (tertiary/aromatic N) is 2. The normalized spacial score (nSPS) is 16.0. The first-order valence-electron chi connectivity index (χ1n) is 8.05. The van der Waals surface area contributed by atoms with E-state index in [0.29, 0.717) is 12.1 Å². The lowest BCUT2D eigenvalue weighted by molar-refractivity contribution is 0.0266. The number of carbonyl (C=O) groups is 2. The third kappa shape index (κ3) is 3.93. The lowest BCUT2D eigenvalue weighted by Gasteiger charge is -2.23. The molecule has 0 unspecified atom stereocenters. The van der Waals surface area contributed by atoms with Crippen LogP contribution in [0, 0.1) is 0 Å². The van der Waals surface area contributed by atoms with Crippen molar-refractivity contribution in [3.8, 4) is 0 Å². The number of hydrogen-bond acceptors (Lipinski definition) is 4. The summed E-state index contributed by atoms with van der Waals surface area (Å²) in [6, 6.07) is 5.51. The van der Waals surface area contributed by atoms with Gasteiger partial charge in [0.25, 0.3) is 5.91 Å². The van der Waals surface area contributed by atoms with Crippen LogP contribution in [0.1, 0.15) is 63.0 Å². The van der Waals surface area contributed by atoms with E-state index >= 15 is 0 Å². The van der Waals surface area contributed by atoms with Crippen molar-refractivity contribution in [3.63, 3.8) is 0 Å². The summed E-state index contributed by atoms with van der Waals surface area (Å²) in [4.78, 5) is 24.0. The summed E-state index contributed by atoms with van der Waals surface area (Å²) in [5, 5.41) is 8.43. The van der Waals surface area contributed by atoms with Crippen LogP contribution in [0.15, 0.2) is 23.3 Å². The zero-order chi connectivity index (χ0) is 18.1. The molecule has 0 radical (unpaired) electrons. The van der Waals surface area contributed by atoms with Gasteiger partial charge >= 0.3 is 6.09 Å². The number of hydrogen-bond donors (Lipinski definition) is 1. The third-order valence-electron chi connectivity index (χ3n) is 3.64. The zero-order valence-corrected chi connectivity index (χ0v) is 15.1. The standard InChI is InChI=1S/C18H25N3O3/c1-7-21(16(23)24-17(2,3)4)19-11-12-8-9-13-14(10-12)18(5,6)20-15(13)22/h8-11H,7H2,1-6H3,(H,20,22)/b19-11+. The summed E-state index contributed by atoms with van der Waals surface area (Å²) < 4.78 is 5.32. The van der Waals surface area contributed by atoms with E-state index in [4.69, 9.17) is 4.74 Å². The van der Waals surface area contributed by atoms with Gasteiger partial charge in [-0.05, 0) is 64.8 Å². The van der Waals surface area contributed by atoms with E-state index in [1.54, 1.807) is 12.3 Å². The lowest BCUT2D eigenvalue weighted by atomic mass is 9.93. The smallest absolute Gasteiger partial charge is 0.430 e. The summed E-state index contributed by atoms with van der Waals surface area (Å²) in [5.74, 6) is -0.0672. The molecule has 0 atom stereocenters. The number of amides is 2. The highest BCUT2D eigenvalue weighted by Gasteiger charge is 2.34. The Balaban J connectivity index is 2.20. The Kier molecular flexibility index (Phi) is 4.69. The predicted octanol–water partition coefficient (Wildman–Crippen LogP) is 3.26. The number of fused-ring (bicyclic) bond motifs is 1. The van der Waals surface area contributed by atoms with Gasteiger partial charge in [0.15, 0.2) is 0 Å². The molecule has 1 N–H and O–H groups in total. The molecule has 2 amide bonds. The summed E-state index contributed by atoms with van der Waals surface area (Å²) in [7, 11) is 0. The molecule has 2 rings (SSSR count). The second-order valence-electron chi connectivity index (χ2n) is 7.32. The van der Waals surface area contributed by atoms with Gasteiger partial charge in [-0.25, -0.2) is 4.79 Å². The molecule has 0 fully saturated rings. The van der Waals surface area contributed by atoms with E-state index in [1.807, 2.05) is 53.7 Å². The van der Waals surface area contributed by atoms with Gasteiger partial charge in [0, 0.05) is 12.1 Å². The maximum absolute atomic E-state index is 12.1. The Morgan fingerprint density at radius 3 is 2.62 bits per heavy atom. The molecular formula is C18H25N3O3. The molecule has 0 spiro atoms. The molecule has 24 heavy (non-hydrogen) atoms. The van der Waals surface area contributed by atoms with Crippen molar-refractivity contribution in [1.29, 1.82) is 0 Å². The number of benzene rings is 1. The van der Waals surface area contributed by atoms with Gasteiger partial charge in [0.05, 0.1) is 11.8 Å². The van der Waals surface area contributed by atoms with Crippen molar-refractivity contribution in [1.82, 2.24) is 10.3 Å². The highest BCUT2D eigenvalue weighted by atomic mass is 16.6. The Morgan fingerprint density at radius 1 is 1.38 bits per heavy atom. The van der Waals surface area contributed by atoms with Crippen LogP contribution in [0.5, 0.6) is 0 Å². The minimum atomic E-state index is -0.566. The molecule has 6 heteroatoms. The first kappa shape index (κ1) is 18.0. The number of hydrazone groups is 1. The quantitative estimate of drug-likeness (QED) is 0.682. The van der Waals surface area contributed by atoms with E-state index in [1.165, 1.54) is 5.01 Å². The average Bonchev–Trinajstić information content (AvgIpc) is 2.67. The van der Waals surface area contributed by atoms with Gasteiger partial charge < -0.3 is 10.1 Å². The lowest BCUT2D eigenvalue weighted by Crippen LogP contribution is -2.33. The monoisotopic (exact) mass is 331 g/mol. The van der Waals surface area contributed by atoms with Crippen LogP contribution in [0.3, 0.4) is 0 Å². The van der Waals surface area contributed by atoms with E-state index in [9.17, 15) is 9.59 Å². The summed E-state index contributed by atoms with van der Waals surface area (Å²) >= 11 is 0. The van der Waals surface area contributed by atoms with Crippen LogP contribution in [-0.4, -0.2) is 35.4 Å². The van der Waals surface area contributed by atoms with E-state index in [2.05, 4.69) is 10.4 Å². The number of ether oxygens (including phenoxy) is 1. The Morgan fingerprint density at radius 2 is 2.04 bits per heavy atom. The van der Waals surface area contributed by atoms with Crippen LogP contribution in [0.2, 0.25) is 0 Å².